The highest BCUT2D eigenvalue weighted by molar-refractivity contribution is 8.93. The largest absolute Gasteiger partial charge is 0.508 e. The van der Waals surface area contributed by atoms with E-state index in [1.54, 1.807) is 0 Å². The summed E-state index contributed by atoms with van der Waals surface area (Å²) in [5.74, 6) is 1.25. The molecule has 1 aliphatic heterocycles. The molecule has 2 bridgehead atoms. The van der Waals surface area contributed by atoms with Crippen LogP contribution >= 0.6 is 17.0 Å². The zero-order valence-electron chi connectivity index (χ0n) is 11.2. The predicted molar refractivity (Wildman–Crippen MR) is 82.2 cm³/mol. The first-order valence-electron chi connectivity index (χ1n) is 7.35. The Labute approximate surface area is 125 Å². The molecule has 104 valence electrons. The first kappa shape index (κ1) is 13.4. The standard InChI is InChI=1S/C16H21NO.BrH/c18-12-5-4-11-9-15-13-3-1-2-6-16(13,7-8-17-15)14(11)10-12;/h4-5,10,13,15,17-18H,1-3,6-9H2;1H. The molecule has 2 N–H and O–H groups in total. The van der Waals surface area contributed by atoms with Crippen molar-refractivity contribution in [2.75, 3.05) is 6.54 Å². The van der Waals surface area contributed by atoms with Crippen LogP contribution in [0.15, 0.2) is 18.2 Å². The van der Waals surface area contributed by atoms with E-state index in [-0.39, 0.29) is 17.0 Å². The molecular formula is C16H22BrNO. The van der Waals surface area contributed by atoms with E-state index in [1.165, 1.54) is 43.2 Å². The number of phenolic OH excluding ortho intramolecular Hbond substituents is 1. The lowest BCUT2D eigenvalue weighted by molar-refractivity contribution is 0.0795. The van der Waals surface area contributed by atoms with Crippen LogP contribution in [0.3, 0.4) is 0 Å². The van der Waals surface area contributed by atoms with Crippen molar-refractivity contribution in [2.24, 2.45) is 5.92 Å². The average molecular weight is 324 g/mol. The number of halogens is 1. The number of hydrogen-bond donors (Lipinski definition) is 2. The van der Waals surface area contributed by atoms with E-state index >= 15 is 0 Å². The number of piperidine rings is 1. The molecule has 3 heteroatoms. The molecule has 3 aliphatic rings. The zero-order valence-corrected chi connectivity index (χ0v) is 12.9. The van der Waals surface area contributed by atoms with E-state index in [0.717, 1.165) is 18.9 Å². The van der Waals surface area contributed by atoms with Gasteiger partial charge in [0.2, 0.25) is 0 Å². The van der Waals surface area contributed by atoms with Gasteiger partial charge in [0.05, 0.1) is 0 Å². The number of phenols is 1. The molecule has 4 rings (SSSR count). The van der Waals surface area contributed by atoms with E-state index in [1.807, 2.05) is 6.07 Å². The molecule has 0 spiro atoms. The van der Waals surface area contributed by atoms with Crippen molar-refractivity contribution in [1.82, 2.24) is 5.32 Å². The topological polar surface area (TPSA) is 32.3 Å². The summed E-state index contributed by atoms with van der Waals surface area (Å²) in [6.07, 6.45) is 7.85. The maximum Gasteiger partial charge on any atom is 0.115 e. The molecule has 3 unspecified atom stereocenters. The second kappa shape index (κ2) is 4.78. The van der Waals surface area contributed by atoms with E-state index in [9.17, 15) is 5.11 Å². The monoisotopic (exact) mass is 323 g/mol. The van der Waals surface area contributed by atoms with Gasteiger partial charge < -0.3 is 10.4 Å². The first-order valence-corrected chi connectivity index (χ1v) is 7.35. The SMILES string of the molecule is Br.Oc1ccc2c(c1)C13CCCCC1C(C2)NCC3. The van der Waals surface area contributed by atoms with Crippen molar-refractivity contribution in [2.45, 2.75) is 50.0 Å². The van der Waals surface area contributed by atoms with Gasteiger partial charge in [-0.1, -0.05) is 18.9 Å². The number of benzene rings is 1. The second-order valence-corrected chi connectivity index (χ2v) is 6.36. The Morgan fingerprint density at radius 3 is 3.00 bits per heavy atom. The lowest BCUT2D eigenvalue weighted by Crippen LogP contribution is -2.59. The Bertz CT molecular complexity index is 486. The summed E-state index contributed by atoms with van der Waals surface area (Å²) in [5.41, 5.74) is 3.33. The van der Waals surface area contributed by atoms with Gasteiger partial charge in [-0.15, -0.1) is 17.0 Å². The van der Waals surface area contributed by atoms with Gasteiger partial charge in [0.15, 0.2) is 0 Å². The molecule has 3 atom stereocenters. The summed E-state index contributed by atoms with van der Waals surface area (Å²) in [6, 6.07) is 6.75. The third-order valence-electron chi connectivity index (χ3n) is 5.63. The van der Waals surface area contributed by atoms with Crippen LogP contribution in [0.5, 0.6) is 5.75 Å². The van der Waals surface area contributed by atoms with Crippen LogP contribution in [-0.4, -0.2) is 17.7 Å². The molecule has 2 nitrogen and oxygen atoms in total. The molecule has 2 fully saturated rings. The molecule has 1 heterocycles. The summed E-state index contributed by atoms with van der Waals surface area (Å²) in [5, 5.41) is 13.6. The Morgan fingerprint density at radius 2 is 2.11 bits per heavy atom. The second-order valence-electron chi connectivity index (χ2n) is 6.36. The van der Waals surface area contributed by atoms with Gasteiger partial charge >= 0.3 is 0 Å². The van der Waals surface area contributed by atoms with Gasteiger partial charge in [-0.05, 0) is 61.4 Å². The maximum atomic E-state index is 9.86. The van der Waals surface area contributed by atoms with Gasteiger partial charge in [0, 0.05) is 11.5 Å². The van der Waals surface area contributed by atoms with Gasteiger partial charge in [0.1, 0.15) is 5.75 Å². The van der Waals surface area contributed by atoms with Crippen LogP contribution in [-0.2, 0) is 11.8 Å². The number of aromatic hydroxyl groups is 1. The normalized spacial score (nSPS) is 35.8. The number of rotatable bonds is 0. The summed E-state index contributed by atoms with van der Waals surface area (Å²) < 4.78 is 0. The van der Waals surface area contributed by atoms with Crippen molar-refractivity contribution in [1.29, 1.82) is 0 Å². The molecule has 1 aromatic rings. The molecule has 1 saturated heterocycles. The Balaban J connectivity index is 0.00000110. The fraction of sp³-hybridized carbons (Fsp3) is 0.625. The first-order chi connectivity index (χ1) is 8.79. The van der Waals surface area contributed by atoms with Crippen molar-refractivity contribution >= 4 is 17.0 Å². The predicted octanol–water partition coefficient (Wildman–Crippen LogP) is 3.32. The Hall–Kier alpha value is -0.540. The summed E-state index contributed by atoms with van der Waals surface area (Å²) in [4.78, 5) is 0. The van der Waals surface area contributed by atoms with Crippen LogP contribution in [0.25, 0.3) is 0 Å². The molecular weight excluding hydrogens is 302 g/mol. The summed E-state index contributed by atoms with van der Waals surface area (Å²) in [7, 11) is 0. The number of hydrogen-bond acceptors (Lipinski definition) is 2. The van der Waals surface area contributed by atoms with E-state index in [4.69, 9.17) is 0 Å². The van der Waals surface area contributed by atoms with Crippen molar-refractivity contribution in [3.63, 3.8) is 0 Å². The molecule has 0 amide bonds. The molecule has 1 aromatic carbocycles. The number of fused-ring (bicyclic) bond motifs is 1. The van der Waals surface area contributed by atoms with E-state index in [0.29, 0.717) is 17.2 Å². The van der Waals surface area contributed by atoms with Gasteiger partial charge in [-0.2, -0.15) is 0 Å². The van der Waals surface area contributed by atoms with E-state index < -0.39 is 0 Å². The van der Waals surface area contributed by atoms with Crippen molar-refractivity contribution < 1.29 is 5.11 Å². The molecule has 19 heavy (non-hydrogen) atoms. The van der Waals surface area contributed by atoms with Crippen LogP contribution in [0, 0.1) is 5.92 Å². The highest BCUT2D eigenvalue weighted by Crippen LogP contribution is 2.54. The third kappa shape index (κ3) is 1.85. The quantitative estimate of drug-likeness (QED) is 0.767. The average Bonchev–Trinajstić information content (AvgIpc) is 2.40. The molecule has 0 radical (unpaired) electrons. The lowest BCUT2D eigenvalue weighted by atomic mass is 9.53. The van der Waals surface area contributed by atoms with Gasteiger partial charge in [0.25, 0.3) is 0 Å². The smallest absolute Gasteiger partial charge is 0.115 e. The minimum Gasteiger partial charge on any atom is -0.508 e. The Morgan fingerprint density at radius 1 is 1.21 bits per heavy atom. The van der Waals surface area contributed by atoms with Gasteiger partial charge in [-0.3, -0.25) is 0 Å². The molecule has 1 saturated carbocycles. The maximum absolute atomic E-state index is 9.86. The van der Waals surface area contributed by atoms with Crippen LogP contribution in [0.1, 0.15) is 43.2 Å². The van der Waals surface area contributed by atoms with Crippen LogP contribution in [0.2, 0.25) is 0 Å². The minimum atomic E-state index is 0. The highest BCUT2D eigenvalue weighted by Gasteiger charge is 2.51. The van der Waals surface area contributed by atoms with Gasteiger partial charge in [-0.25, -0.2) is 0 Å². The third-order valence-corrected chi connectivity index (χ3v) is 5.63. The number of nitrogens with one attached hydrogen (secondary N) is 1. The fourth-order valence-corrected chi connectivity index (χ4v) is 4.91. The van der Waals surface area contributed by atoms with Crippen molar-refractivity contribution in [3.8, 4) is 5.75 Å². The highest BCUT2D eigenvalue weighted by atomic mass is 79.9. The summed E-state index contributed by atoms with van der Waals surface area (Å²) >= 11 is 0. The van der Waals surface area contributed by atoms with Crippen molar-refractivity contribution in [3.05, 3.63) is 29.3 Å². The molecule has 0 aromatic heterocycles. The molecule has 2 aliphatic carbocycles. The minimum absolute atomic E-state index is 0. The Kier molecular flexibility index (Phi) is 3.38. The lowest BCUT2D eigenvalue weighted by Gasteiger charge is -2.56. The summed E-state index contributed by atoms with van der Waals surface area (Å²) in [6.45, 7) is 1.15. The van der Waals surface area contributed by atoms with Crippen LogP contribution in [0.4, 0.5) is 0 Å². The zero-order chi connectivity index (χ0) is 12.2. The van der Waals surface area contributed by atoms with E-state index in [2.05, 4.69) is 17.4 Å². The van der Waals surface area contributed by atoms with Crippen LogP contribution < -0.4 is 5.32 Å². The fourth-order valence-electron chi connectivity index (χ4n) is 4.91.